The molecule has 334 valence electrons. The molecule has 0 aliphatic carbocycles. The van der Waals surface area contributed by atoms with Crippen molar-refractivity contribution in [2.24, 2.45) is 0 Å². The Morgan fingerprint density at radius 1 is 0.534 bits per heavy atom. The zero-order valence-electron chi connectivity index (χ0n) is 38.0. The minimum Gasteiger partial charge on any atom is -0.477 e. The SMILES string of the molecule is CC/C=C/C/C=C/C/C=C/C/C=C/CCCCCCCCCC(=O)OC(COCCC(C(=O)O)[N+](C)(C)C)COC(=O)CCCCC/C=C/CCCCCCCCC. The first kappa shape index (κ1) is 55.0. The van der Waals surface area contributed by atoms with E-state index >= 15 is 0 Å². The number of likely N-dealkylation sites (N-methyl/N-ethyl adjacent to an activating group) is 1. The molecule has 0 aliphatic heterocycles. The van der Waals surface area contributed by atoms with E-state index in [4.69, 9.17) is 14.2 Å². The van der Waals surface area contributed by atoms with E-state index in [9.17, 15) is 19.5 Å². The first-order valence-corrected chi connectivity index (χ1v) is 23.3. The molecule has 0 aromatic carbocycles. The molecule has 0 radical (unpaired) electrons. The van der Waals surface area contributed by atoms with Crippen molar-refractivity contribution in [1.29, 1.82) is 0 Å². The average molecular weight is 815 g/mol. The van der Waals surface area contributed by atoms with Gasteiger partial charge in [0.25, 0.3) is 0 Å². The number of carboxylic acid groups (broad SMARTS) is 1. The maximum atomic E-state index is 12.8. The van der Waals surface area contributed by atoms with Crippen LogP contribution in [0.1, 0.15) is 187 Å². The Kier molecular flexibility index (Phi) is 38.7. The Bertz CT molecular complexity index is 1130. The van der Waals surface area contributed by atoms with Crippen molar-refractivity contribution in [1.82, 2.24) is 0 Å². The third-order valence-corrected chi connectivity index (χ3v) is 10.2. The van der Waals surface area contributed by atoms with Crippen LogP contribution < -0.4 is 0 Å². The molecule has 0 aromatic heterocycles. The van der Waals surface area contributed by atoms with Gasteiger partial charge in [-0.3, -0.25) is 9.59 Å². The number of hydrogen-bond donors (Lipinski definition) is 1. The minimum atomic E-state index is -0.880. The summed E-state index contributed by atoms with van der Waals surface area (Å²) < 4.78 is 17.3. The number of nitrogens with zero attached hydrogens (tertiary/aromatic N) is 1. The number of ether oxygens (including phenoxy) is 3. The first-order chi connectivity index (χ1) is 28.1. The highest BCUT2D eigenvalue weighted by atomic mass is 16.6. The van der Waals surface area contributed by atoms with Gasteiger partial charge in [-0.1, -0.05) is 152 Å². The third-order valence-electron chi connectivity index (χ3n) is 10.2. The summed E-state index contributed by atoms with van der Waals surface area (Å²) in [5, 5.41) is 9.63. The van der Waals surface area contributed by atoms with E-state index in [1.807, 2.05) is 21.1 Å². The Morgan fingerprint density at radius 2 is 0.966 bits per heavy atom. The fourth-order valence-corrected chi connectivity index (χ4v) is 6.55. The van der Waals surface area contributed by atoms with Crippen LogP contribution in [0.4, 0.5) is 0 Å². The van der Waals surface area contributed by atoms with Gasteiger partial charge in [0.2, 0.25) is 0 Å². The van der Waals surface area contributed by atoms with Crippen LogP contribution in [0.15, 0.2) is 60.8 Å². The summed E-state index contributed by atoms with van der Waals surface area (Å²) in [6, 6.07) is -0.620. The summed E-state index contributed by atoms with van der Waals surface area (Å²) in [6.07, 6.45) is 49.8. The molecule has 0 aromatic rings. The standard InChI is InChI=1S/C50H87NO7/c1-6-8-10-12-14-16-18-20-22-23-24-25-26-27-29-31-33-35-37-39-41-49(53)58-46(44-56-43-42-47(50(54)55)51(3,4)5)45-57-48(52)40-38-36-34-32-30-28-21-19-17-15-13-11-9-7-2/h8,10,14,16,20,22,24-25,28,30,46-47H,6-7,9,11-13,15,17-19,21,23,26-27,29,31-45H2,1-5H3/p+1/b10-8+,16-14+,22-20+,25-24+,30-28+. The van der Waals surface area contributed by atoms with E-state index in [-0.39, 0.29) is 36.2 Å². The molecule has 0 bridgehead atoms. The minimum absolute atomic E-state index is 0.0502. The summed E-state index contributed by atoms with van der Waals surface area (Å²) in [7, 11) is 5.52. The lowest BCUT2D eigenvalue weighted by molar-refractivity contribution is -0.887. The molecule has 0 saturated carbocycles. The average Bonchev–Trinajstić information content (AvgIpc) is 3.18. The molecule has 0 heterocycles. The molecule has 0 saturated heterocycles. The van der Waals surface area contributed by atoms with E-state index in [0.29, 0.717) is 19.3 Å². The number of quaternary nitrogens is 1. The molecule has 58 heavy (non-hydrogen) atoms. The molecule has 2 atom stereocenters. The summed E-state index contributed by atoms with van der Waals surface area (Å²) in [4.78, 5) is 37.0. The molecule has 2 unspecified atom stereocenters. The highest BCUT2D eigenvalue weighted by molar-refractivity contribution is 5.72. The normalized spacial score (nSPS) is 13.5. The van der Waals surface area contributed by atoms with Crippen LogP contribution in [-0.4, -0.2) is 80.6 Å². The summed E-state index contributed by atoms with van der Waals surface area (Å²) >= 11 is 0. The van der Waals surface area contributed by atoms with Gasteiger partial charge >= 0.3 is 17.9 Å². The number of esters is 2. The summed E-state index contributed by atoms with van der Waals surface area (Å²) in [5.74, 6) is -1.50. The lowest BCUT2D eigenvalue weighted by atomic mass is 10.1. The summed E-state index contributed by atoms with van der Waals surface area (Å²) in [5.41, 5.74) is 0. The quantitative estimate of drug-likeness (QED) is 0.0284. The number of rotatable bonds is 41. The van der Waals surface area contributed by atoms with Crippen molar-refractivity contribution in [3.63, 3.8) is 0 Å². The number of carbonyl (C=O) groups excluding carboxylic acids is 2. The maximum absolute atomic E-state index is 12.8. The van der Waals surface area contributed by atoms with E-state index in [0.717, 1.165) is 89.9 Å². The second-order valence-corrected chi connectivity index (χ2v) is 16.6. The largest absolute Gasteiger partial charge is 0.477 e. The second kappa shape index (κ2) is 40.8. The Morgan fingerprint density at radius 3 is 1.47 bits per heavy atom. The lowest BCUT2D eigenvalue weighted by Gasteiger charge is -2.31. The Balaban J connectivity index is 4.35. The van der Waals surface area contributed by atoms with Gasteiger partial charge < -0.3 is 23.8 Å². The first-order valence-electron chi connectivity index (χ1n) is 23.3. The molecule has 0 aliphatic rings. The van der Waals surface area contributed by atoms with Crippen LogP contribution in [0.3, 0.4) is 0 Å². The molecule has 0 fully saturated rings. The fraction of sp³-hybridized carbons (Fsp3) is 0.740. The molecule has 8 nitrogen and oxygen atoms in total. The van der Waals surface area contributed by atoms with Gasteiger partial charge in [0.15, 0.2) is 12.1 Å². The summed E-state index contributed by atoms with van der Waals surface area (Å²) in [6.45, 7) is 4.59. The number of carboxylic acids is 1. The molecular weight excluding hydrogens is 727 g/mol. The van der Waals surface area contributed by atoms with E-state index in [2.05, 4.69) is 74.6 Å². The number of allylic oxidation sites excluding steroid dienone is 10. The number of hydrogen-bond acceptors (Lipinski definition) is 6. The maximum Gasteiger partial charge on any atom is 0.362 e. The molecule has 0 rings (SSSR count). The molecular formula is C50H88NO7+. The lowest BCUT2D eigenvalue weighted by Crippen LogP contribution is -2.50. The van der Waals surface area contributed by atoms with Crippen LogP contribution in [-0.2, 0) is 28.6 Å². The Labute approximate surface area is 356 Å². The van der Waals surface area contributed by atoms with Crippen molar-refractivity contribution in [2.45, 2.75) is 199 Å². The van der Waals surface area contributed by atoms with Crippen LogP contribution in [0.5, 0.6) is 0 Å². The topological polar surface area (TPSA) is 99.1 Å². The van der Waals surface area contributed by atoms with Gasteiger partial charge in [0, 0.05) is 19.3 Å². The van der Waals surface area contributed by atoms with Crippen molar-refractivity contribution in [2.75, 3.05) is 41.0 Å². The predicted molar refractivity (Wildman–Crippen MR) is 243 cm³/mol. The third kappa shape index (κ3) is 38.5. The van der Waals surface area contributed by atoms with E-state index in [1.165, 1.54) is 64.2 Å². The van der Waals surface area contributed by atoms with Crippen molar-refractivity contribution in [3.05, 3.63) is 60.8 Å². The van der Waals surface area contributed by atoms with Crippen molar-refractivity contribution >= 4 is 17.9 Å². The monoisotopic (exact) mass is 815 g/mol. The highest BCUT2D eigenvalue weighted by Gasteiger charge is 2.31. The Hall–Kier alpha value is -2.97. The second-order valence-electron chi connectivity index (χ2n) is 16.6. The van der Waals surface area contributed by atoms with E-state index < -0.39 is 18.1 Å². The van der Waals surface area contributed by atoms with Crippen LogP contribution >= 0.6 is 0 Å². The number of aliphatic carboxylic acids is 1. The predicted octanol–water partition coefficient (Wildman–Crippen LogP) is 13.0. The molecule has 0 amide bonds. The zero-order chi connectivity index (χ0) is 42.8. The van der Waals surface area contributed by atoms with Gasteiger partial charge in [-0.05, 0) is 77.0 Å². The van der Waals surface area contributed by atoms with E-state index in [1.54, 1.807) is 0 Å². The zero-order valence-corrected chi connectivity index (χ0v) is 38.0. The fourth-order valence-electron chi connectivity index (χ4n) is 6.55. The molecule has 1 N–H and O–H groups in total. The van der Waals surface area contributed by atoms with Gasteiger partial charge in [0.1, 0.15) is 6.61 Å². The van der Waals surface area contributed by atoms with Crippen LogP contribution in [0.25, 0.3) is 0 Å². The smallest absolute Gasteiger partial charge is 0.362 e. The molecule has 0 spiro atoms. The van der Waals surface area contributed by atoms with Gasteiger partial charge in [-0.25, -0.2) is 4.79 Å². The van der Waals surface area contributed by atoms with Crippen LogP contribution in [0, 0.1) is 0 Å². The number of unbranched alkanes of at least 4 members (excludes halogenated alkanes) is 17. The van der Waals surface area contributed by atoms with Crippen LogP contribution in [0.2, 0.25) is 0 Å². The van der Waals surface area contributed by atoms with Crippen molar-refractivity contribution < 1.29 is 38.2 Å². The number of carbonyl (C=O) groups is 3. The van der Waals surface area contributed by atoms with Gasteiger partial charge in [-0.2, -0.15) is 0 Å². The highest BCUT2D eigenvalue weighted by Crippen LogP contribution is 2.14. The van der Waals surface area contributed by atoms with Gasteiger partial charge in [0.05, 0.1) is 34.4 Å². The molecule has 8 heteroatoms. The van der Waals surface area contributed by atoms with Gasteiger partial charge in [-0.15, -0.1) is 0 Å². The van der Waals surface area contributed by atoms with Crippen molar-refractivity contribution in [3.8, 4) is 0 Å².